The molecule has 0 atom stereocenters. The van der Waals surface area contributed by atoms with Crippen molar-refractivity contribution in [3.05, 3.63) is 54.0 Å². The number of carbonyl (C=O) groups is 1. The third-order valence-electron chi connectivity index (χ3n) is 3.55. The summed E-state index contributed by atoms with van der Waals surface area (Å²) in [5, 5.41) is 10.0. The molecule has 3 heterocycles. The lowest BCUT2D eigenvalue weighted by atomic mass is 10.2. The molecule has 0 saturated carbocycles. The second-order valence-corrected chi connectivity index (χ2v) is 5.34. The Hall–Kier alpha value is -3.56. The summed E-state index contributed by atoms with van der Waals surface area (Å²) in [5.41, 5.74) is 6.49. The molecule has 0 aliphatic rings. The predicted octanol–water partition coefficient (Wildman–Crippen LogP) is 1.68. The molecule has 0 bridgehead atoms. The summed E-state index contributed by atoms with van der Waals surface area (Å²) in [4.78, 5) is 23.5. The summed E-state index contributed by atoms with van der Waals surface area (Å²) in [7, 11) is 0. The minimum absolute atomic E-state index is 0.0875. The molecule has 0 saturated heterocycles. The van der Waals surface area contributed by atoms with Crippen molar-refractivity contribution < 1.29 is 9.18 Å². The highest BCUT2D eigenvalue weighted by atomic mass is 19.1. The smallest absolute Gasteiger partial charge is 0.254 e. The lowest BCUT2D eigenvalue weighted by Gasteiger charge is -2.11. The number of aromatic nitrogens is 5. The highest BCUT2D eigenvalue weighted by Gasteiger charge is 2.13. The average Bonchev–Trinajstić information content (AvgIpc) is 3.08. The Balaban J connectivity index is 1.82. The van der Waals surface area contributed by atoms with Gasteiger partial charge < -0.3 is 16.4 Å². The van der Waals surface area contributed by atoms with E-state index >= 15 is 0 Å². The number of aryl methyl sites for hydroxylation is 1. The van der Waals surface area contributed by atoms with Gasteiger partial charge in [0.1, 0.15) is 5.82 Å². The number of amides is 1. The quantitative estimate of drug-likeness (QED) is 0.550. The van der Waals surface area contributed by atoms with Crippen LogP contribution in [0.4, 0.5) is 21.8 Å². The third kappa shape index (κ3) is 3.91. The summed E-state index contributed by atoms with van der Waals surface area (Å²) in [6.45, 7) is 2.78. The van der Waals surface area contributed by atoms with Crippen molar-refractivity contribution in [2.45, 2.75) is 20.0 Å². The van der Waals surface area contributed by atoms with Crippen molar-refractivity contribution in [1.29, 1.82) is 0 Å². The van der Waals surface area contributed by atoms with Crippen molar-refractivity contribution in [2.24, 2.45) is 5.73 Å². The molecule has 0 unspecified atom stereocenters. The molecule has 3 aromatic heterocycles. The molecule has 4 N–H and O–H groups in total. The summed E-state index contributed by atoms with van der Waals surface area (Å²) in [6.07, 6.45) is 6.09. The van der Waals surface area contributed by atoms with Crippen LogP contribution in [0.5, 0.6) is 0 Å². The molecule has 9 nitrogen and oxygen atoms in total. The largest absolute Gasteiger partial charge is 0.365 e. The monoisotopic (exact) mass is 356 g/mol. The Morgan fingerprint density at radius 2 is 2.19 bits per heavy atom. The van der Waals surface area contributed by atoms with Gasteiger partial charge in [-0.05, 0) is 13.0 Å². The van der Waals surface area contributed by atoms with Crippen LogP contribution in [-0.2, 0) is 13.1 Å². The van der Waals surface area contributed by atoms with Crippen LogP contribution in [0.25, 0.3) is 0 Å². The number of nitrogens with two attached hydrogens (primary N) is 1. The number of nitrogens with zero attached hydrogens (tertiary/aromatic N) is 5. The molecule has 3 aromatic rings. The van der Waals surface area contributed by atoms with Gasteiger partial charge in [0.15, 0.2) is 0 Å². The number of carbonyl (C=O) groups excluding carboxylic acids is 1. The van der Waals surface area contributed by atoms with E-state index in [4.69, 9.17) is 5.73 Å². The molecular weight excluding hydrogens is 339 g/mol. The van der Waals surface area contributed by atoms with E-state index in [0.717, 1.165) is 6.54 Å². The van der Waals surface area contributed by atoms with Gasteiger partial charge in [-0.3, -0.25) is 9.48 Å². The molecule has 1 amide bonds. The molecule has 0 spiro atoms. The van der Waals surface area contributed by atoms with E-state index in [9.17, 15) is 9.18 Å². The van der Waals surface area contributed by atoms with Gasteiger partial charge in [-0.15, -0.1) is 0 Å². The van der Waals surface area contributed by atoms with E-state index in [1.54, 1.807) is 29.2 Å². The summed E-state index contributed by atoms with van der Waals surface area (Å²) >= 11 is 0. The molecule has 0 aromatic carbocycles. The van der Waals surface area contributed by atoms with Gasteiger partial charge in [-0.1, -0.05) is 6.07 Å². The SMILES string of the molecule is CCn1cc(Nc2ncc(C(N)=O)c(NCc3cccnc3F)n2)cn1. The minimum atomic E-state index is -0.690. The van der Waals surface area contributed by atoms with Crippen LogP contribution < -0.4 is 16.4 Å². The normalized spacial score (nSPS) is 10.5. The lowest BCUT2D eigenvalue weighted by Crippen LogP contribution is -2.17. The fraction of sp³-hybridized carbons (Fsp3) is 0.188. The molecule has 134 valence electrons. The maximum absolute atomic E-state index is 13.7. The van der Waals surface area contributed by atoms with Crippen molar-refractivity contribution in [3.8, 4) is 0 Å². The molecule has 0 aliphatic carbocycles. The van der Waals surface area contributed by atoms with Crippen LogP contribution in [0, 0.1) is 5.95 Å². The van der Waals surface area contributed by atoms with E-state index in [2.05, 4.69) is 30.7 Å². The van der Waals surface area contributed by atoms with Gasteiger partial charge in [-0.25, -0.2) is 9.97 Å². The maximum atomic E-state index is 13.7. The van der Waals surface area contributed by atoms with Gasteiger partial charge in [-0.2, -0.15) is 14.5 Å². The fourth-order valence-electron chi connectivity index (χ4n) is 2.22. The van der Waals surface area contributed by atoms with E-state index in [1.165, 1.54) is 12.4 Å². The summed E-state index contributed by atoms with van der Waals surface area (Å²) in [5.74, 6) is -0.842. The minimum Gasteiger partial charge on any atom is -0.365 e. The number of nitrogens with one attached hydrogen (secondary N) is 2. The first-order valence-electron chi connectivity index (χ1n) is 7.86. The number of anilines is 3. The Kier molecular flexibility index (Phi) is 5.02. The van der Waals surface area contributed by atoms with Gasteiger partial charge in [0.2, 0.25) is 11.9 Å². The molecular formula is C16H17FN8O. The second-order valence-electron chi connectivity index (χ2n) is 5.34. The lowest BCUT2D eigenvalue weighted by molar-refractivity contribution is 0.100. The topological polar surface area (TPSA) is 124 Å². The highest BCUT2D eigenvalue weighted by molar-refractivity contribution is 5.97. The number of hydrogen-bond donors (Lipinski definition) is 3. The zero-order valence-electron chi connectivity index (χ0n) is 14.0. The molecule has 0 fully saturated rings. The van der Waals surface area contributed by atoms with Crippen molar-refractivity contribution in [3.63, 3.8) is 0 Å². The average molecular weight is 356 g/mol. The predicted molar refractivity (Wildman–Crippen MR) is 93.3 cm³/mol. The van der Waals surface area contributed by atoms with E-state index in [-0.39, 0.29) is 23.9 Å². The van der Waals surface area contributed by atoms with Crippen LogP contribution in [0.15, 0.2) is 36.9 Å². The molecule has 0 aliphatic heterocycles. The van der Waals surface area contributed by atoms with Gasteiger partial charge in [0.05, 0.1) is 17.4 Å². The first-order chi connectivity index (χ1) is 12.6. The number of pyridine rings is 1. The van der Waals surface area contributed by atoms with Gasteiger partial charge in [0, 0.05) is 37.2 Å². The molecule has 26 heavy (non-hydrogen) atoms. The van der Waals surface area contributed by atoms with E-state index in [0.29, 0.717) is 11.3 Å². The van der Waals surface area contributed by atoms with Crippen molar-refractivity contribution >= 4 is 23.4 Å². The van der Waals surface area contributed by atoms with Gasteiger partial charge >= 0.3 is 0 Å². The summed E-state index contributed by atoms with van der Waals surface area (Å²) < 4.78 is 15.4. The van der Waals surface area contributed by atoms with Crippen LogP contribution >= 0.6 is 0 Å². The molecule has 0 radical (unpaired) electrons. The fourth-order valence-corrected chi connectivity index (χ4v) is 2.22. The van der Waals surface area contributed by atoms with Crippen molar-refractivity contribution in [2.75, 3.05) is 10.6 Å². The Morgan fingerprint density at radius 1 is 1.35 bits per heavy atom. The molecule has 10 heteroatoms. The first kappa shape index (κ1) is 17.3. The standard InChI is InChI=1S/C16H17FN8O/c1-2-25-9-11(7-22-25)23-16-21-8-12(14(18)26)15(24-16)20-6-10-4-3-5-19-13(10)17/h3-5,7-9H,2,6H2,1H3,(H2,18,26)(H2,20,21,23,24). The van der Waals surface area contributed by atoms with Crippen molar-refractivity contribution in [1.82, 2.24) is 24.7 Å². The number of rotatable bonds is 7. The Labute approximate surface area is 148 Å². The van der Waals surface area contributed by atoms with Crippen LogP contribution in [0.2, 0.25) is 0 Å². The van der Waals surface area contributed by atoms with Crippen LogP contribution in [-0.4, -0.2) is 30.6 Å². The van der Waals surface area contributed by atoms with Gasteiger partial charge in [0.25, 0.3) is 5.91 Å². The highest BCUT2D eigenvalue weighted by Crippen LogP contribution is 2.18. The van der Waals surface area contributed by atoms with E-state index in [1.807, 2.05) is 6.92 Å². The zero-order valence-corrected chi connectivity index (χ0v) is 14.0. The number of primary amides is 1. The maximum Gasteiger partial charge on any atom is 0.254 e. The Morgan fingerprint density at radius 3 is 2.88 bits per heavy atom. The second kappa shape index (κ2) is 7.55. The first-order valence-corrected chi connectivity index (χ1v) is 7.86. The molecule has 3 rings (SSSR count). The van der Waals surface area contributed by atoms with E-state index < -0.39 is 11.9 Å². The Bertz CT molecular complexity index is 926. The number of halogens is 1. The number of hydrogen-bond acceptors (Lipinski definition) is 7. The van der Waals surface area contributed by atoms with Crippen LogP contribution in [0.3, 0.4) is 0 Å². The van der Waals surface area contributed by atoms with Crippen LogP contribution in [0.1, 0.15) is 22.8 Å². The summed E-state index contributed by atoms with van der Waals surface area (Å²) in [6, 6.07) is 3.20. The third-order valence-corrected chi connectivity index (χ3v) is 3.55. The zero-order chi connectivity index (χ0) is 18.5.